The molecule has 3 nitrogen and oxygen atoms in total. The zero-order valence-electron chi connectivity index (χ0n) is 11.6. The van der Waals surface area contributed by atoms with Crippen LogP contribution in [0.2, 0.25) is 10.0 Å². The van der Waals surface area contributed by atoms with Crippen molar-refractivity contribution < 1.29 is 0 Å². The highest BCUT2D eigenvalue weighted by atomic mass is 35.5. The van der Waals surface area contributed by atoms with Crippen LogP contribution >= 0.6 is 35.3 Å². The summed E-state index contributed by atoms with van der Waals surface area (Å²) in [4.78, 5) is 3.21. The number of halogens is 2. The number of rotatable bonds is 2. The highest BCUT2D eigenvalue weighted by Crippen LogP contribution is 2.41. The van der Waals surface area contributed by atoms with Crippen LogP contribution in [0.25, 0.3) is 10.9 Å². The highest BCUT2D eigenvalue weighted by molar-refractivity contribution is 7.98. The normalized spacial score (nSPS) is 14.8. The molecule has 0 fully saturated rings. The summed E-state index contributed by atoms with van der Waals surface area (Å²) >= 11 is 14.2. The van der Waals surface area contributed by atoms with Crippen LogP contribution in [0.5, 0.6) is 0 Å². The van der Waals surface area contributed by atoms with Crippen LogP contribution in [0.1, 0.15) is 11.1 Å². The van der Waals surface area contributed by atoms with Gasteiger partial charge in [-0.1, -0.05) is 53.5 Å². The van der Waals surface area contributed by atoms with Gasteiger partial charge in [0, 0.05) is 36.8 Å². The maximum atomic E-state index is 6.39. The van der Waals surface area contributed by atoms with Crippen LogP contribution in [0.15, 0.2) is 42.6 Å². The molecule has 2 N–H and O–H groups in total. The number of anilines is 1. The Morgan fingerprint density at radius 2 is 1.95 bits per heavy atom. The SMILES string of the molecule is Clc1c[nH]c2c3c(cc(Cl)c12)CN(Cc1ccccc1)SN3. The van der Waals surface area contributed by atoms with Gasteiger partial charge in [-0.05, 0) is 17.2 Å². The molecule has 0 spiro atoms. The van der Waals surface area contributed by atoms with Gasteiger partial charge in [0.2, 0.25) is 0 Å². The minimum absolute atomic E-state index is 0.654. The zero-order valence-corrected chi connectivity index (χ0v) is 13.9. The standard InChI is InChI=1S/C16H13Cl2N3S/c17-12-6-11-9-21(8-10-4-2-1-3-5-10)22-20-15(11)16-14(12)13(18)7-19-16/h1-7,19-20H,8-9H2. The summed E-state index contributed by atoms with van der Waals surface area (Å²) in [5.74, 6) is 0. The molecule has 22 heavy (non-hydrogen) atoms. The molecule has 0 saturated heterocycles. The van der Waals surface area contributed by atoms with Crippen molar-refractivity contribution in [2.24, 2.45) is 0 Å². The van der Waals surface area contributed by atoms with Crippen LogP contribution in [0.3, 0.4) is 0 Å². The lowest BCUT2D eigenvalue weighted by atomic mass is 10.1. The second-order valence-electron chi connectivity index (χ2n) is 5.26. The summed E-state index contributed by atoms with van der Waals surface area (Å²) in [5.41, 5.74) is 4.50. The average Bonchev–Trinajstić information content (AvgIpc) is 2.91. The van der Waals surface area contributed by atoms with Gasteiger partial charge in [-0.25, -0.2) is 4.31 Å². The minimum Gasteiger partial charge on any atom is -0.358 e. The van der Waals surface area contributed by atoms with Crippen molar-refractivity contribution in [2.75, 3.05) is 4.72 Å². The van der Waals surface area contributed by atoms with Crippen LogP contribution in [-0.4, -0.2) is 9.29 Å². The molecule has 0 aliphatic carbocycles. The van der Waals surface area contributed by atoms with E-state index >= 15 is 0 Å². The molecule has 4 rings (SSSR count). The molecule has 3 aromatic rings. The Balaban J connectivity index is 1.66. The molecule has 0 saturated carbocycles. The van der Waals surface area contributed by atoms with E-state index in [4.69, 9.17) is 23.2 Å². The molecule has 2 heterocycles. The fourth-order valence-corrected chi connectivity index (χ4v) is 4.23. The van der Waals surface area contributed by atoms with E-state index in [9.17, 15) is 0 Å². The summed E-state index contributed by atoms with van der Waals surface area (Å²) in [6.07, 6.45) is 1.78. The summed E-state index contributed by atoms with van der Waals surface area (Å²) in [6.45, 7) is 1.70. The lowest BCUT2D eigenvalue weighted by Gasteiger charge is -2.28. The van der Waals surface area contributed by atoms with Gasteiger partial charge in [0.05, 0.1) is 21.2 Å². The van der Waals surface area contributed by atoms with E-state index in [2.05, 4.69) is 38.3 Å². The molecule has 6 heteroatoms. The maximum Gasteiger partial charge on any atom is 0.0742 e. The molecule has 1 aromatic heterocycles. The van der Waals surface area contributed by atoms with Gasteiger partial charge in [0.15, 0.2) is 0 Å². The van der Waals surface area contributed by atoms with Crippen molar-refractivity contribution in [3.8, 4) is 0 Å². The number of fused-ring (bicyclic) bond motifs is 3. The van der Waals surface area contributed by atoms with E-state index in [0.29, 0.717) is 10.0 Å². The first-order chi connectivity index (χ1) is 10.7. The molecule has 0 atom stereocenters. The first-order valence-corrected chi connectivity index (χ1v) is 8.45. The van der Waals surface area contributed by atoms with Crippen molar-refractivity contribution in [3.05, 3.63) is 63.8 Å². The van der Waals surface area contributed by atoms with E-state index in [1.165, 1.54) is 11.1 Å². The molecular weight excluding hydrogens is 337 g/mol. The average molecular weight is 350 g/mol. The van der Waals surface area contributed by atoms with Gasteiger partial charge in [0.1, 0.15) is 0 Å². The zero-order chi connectivity index (χ0) is 15.1. The molecular formula is C16H13Cl2N3S. The third kappa shape index (κ3) is 2.46. The molecule has 0 unspecified atom stereocenters. The first kappa shape index (κ1) is 14.3. The smallest absolute Gasteiger partial charge is 0.0742 e. The van der Waals surface area contributed by atoms with Gasteiger partial charge >= 0.3 is 0 Å². The predicted molar refractivity (Wildman–Crippen MR) is 95.2 cm³/mol. The highest BCUT2D eigenvalue weighted by Gasteiger charge is 2.22. The number of aromatic nitrogens is 1. The second-order valence-corrected chi connectivity index (χ2v) is 6.97. The van der Waals surface area contributed by atoms with Crippen molar-refractivity contribution >= 4 is 51.9 Å². The van der Waals surface area contributed by atoms with Crippen LogP contribution in [0, 0.1) is 0 Å². The lowest BCUT2D eigenvalue weighted by molar-refractivity contribution is 0.461. The van der Waals surface area contributed by atoms with E-state index in [1.807, 2.05) is 12.1 Å². The van der Waals surface area contributed by atoms with Crippen LogP contribution in [0.4, 0.5) is 5.69 Å². The van der Waals surface area contributed by atoms with Gasteiger partial charge in [-0.2, -0.15) is 0 Å². The van der Waals surface area contributed by atoms with Gasteiger partial charge < -0.3 is 9.71 Å². The van der Waals surface area contributed by atoms with Crippen LogP contribution < -0.4 is 4.72 Å². The minimum atomic E-state index is 0.654. The van der Waals surface area contributed by atoms with Crippen molar-refractivity contribution in [1.29, 1.82) is 0 Å². The fraction of sp³-hybridized carbons (Fsp3) is 0.125. The largest absolute Gasteiger partial charge is 0.358 e. The summed E-state index contributed by atoms with van der Waals surface area (Å²) in [7, 11) is 0. The first-order valence-electron chi connectivity index (χ1n) is 6.92. The van der Waals surface area contributed by atoms with Crippen LogP contribution in [-0.2, 0) is 13.1 Å². The third-order valence-corrected chi connectivity index (χ3v) is 5.18. The molecule has 0 radical (unpaired) electrons. The Hall–Kier alpha value is -1.33. The van der Waals surface area contributed by atoms with Gasteiger partial charge in [-0.15, -0.1) is 0 Å². The fourth-order valence-electron chi connectivity index (χ4n) is 2.74. The van der Waals surface area contributed by atoms with Crippen molar-refractivity contribution in [1.82, 2.24) is 9.29 Å². The van der Waals surface area contributed by atoms with Gasteiger partial charge in [0.25, 0.3) is 0 Å². The Morgan fingerprint density at radius 1 is 1.14 bits per heavy atom. The molecule has 1 aliphatic rings. The summed E-state index contributed by atoms with van der Waals surface area (Å²) in [6, 6.07) is 12.4. The number of nitrogens with one attached hydrogen (secondary N) is 2. The Bertz CT molecular complexity index is 832. The molecule has 2 aromatic carbocycles. The van der Waals surface area contributed by atoms with Crippen molar-refractivity contribution in [3.63, 3.8) is 0 Å². The number of benzene rings is 2. The molecule has 112 valence electrons. The van der Waals surface area contributed by atoms with E-state index in [1.54, 1.807) is 18.3 Å². The molecule has 1 aliphatic heterocycles. The maximum absolute atomic E-state index is 6.39. The molecule has 0 amide bonds. The monoisotopic (exact) mass is 349 g/mol. The number of hydrogen-bond acceptors (Lipinski definition) is 3. The quantitative estimate of drug-likeness (QED) is 0.601. The summed E-state index contributed by atoms with van der Waals surface area (Å²) < 4.78 is 5.68. The predicted octanol–water partition coefficient (Wildman–Crippen LogP) is 5.47. The Morgan fingerprint density at radius 3 is 2.77 bits per heavy atom. The lowest BCUT2D eigenvalue weighted by Crippen LogP contribution is -2.22. The van der Waals surface area contributed by atoms with E-state index < -0.39 is 0 Å². The third-order valence-electron chi connectivity index (χ3n) is 3.77. The number of H-pyrrole nitrogens is 1. The topological polar surface area (TPSA) is 31.1 Å². The second kappa shape index (κ2) is 5.70. The summed E-state index contributed by atoms with van der Waals surface area (Å²) in [5, 5.41) is 2.22. The molecule has 0 bridgehead atoms. The Labute approximate surface area is 142 Å². The number of nitrogens with zero attached hydrogens (tertiary/aromatic N) is 1. The Kier molecular flexibility index (Phi) is 3.70. The van der Waals surface area contributed by atoms with E-state index in [0.717, 1.165) is 29.7 Å². The van der Waals surface area contributed by atoms with E-state index in [-0.39, 0.29) is 0 Å². The van der Waals surface area contributed by atoms with Gasteiger partial charge in [-0.3, -0.25) is 0 Å². The van der Waals surface area contributed by atoms with Crippen molar-refractivity contribution in [2.45, 2.75) is 13.1 Å². The number of aromatic amines is 1. The number of hydrogen-bond donors (Lipinski definition) is 2.